The van der Waals surface area contributed by atoms with Crippen molar-refractivity contribution in [3.8, 4) is 17.0 Å². The van der Waals surface area contributed by atoms with Crippen molar-refractivity contribution in [2.75, 3.05) is 32.1 Å². The molecular weight excluding hydrogens is 412 g/mol. The van der Waals surface area contributed by atoms with Gasteiger partial charge in [0.15, 0.2) is 5.65 Å². The van der Waals surface area contributed by atoms with E-state index < -0.39 is 0 Å². The summed E-state index contributed by atoms with van der Waals surface area (Å²) in [5.41, 5.74) is 4.35. The van der Waals surface area contributed by atoms with Crippen molar-refractivity contribution in [3.63, 3.8) is 0 Å². The zero-order valence-electron chi connectivity index (χ0n) is 18.1. The smallest absolute Gasteiger partial charge is 0.161 e. The molecule has 5 rings (SSSR count). The SMILES string of the molecule is Cc1c(O)c(-c2cc(Cl)c3cc(N4CCC(N(C)C)C4)cnc3n2)cc2cn(C)nc12. The lowest BCUT2D eigenvalue weighted by Gasteiger charge is -2.22. The molecule has 4 heterocycles. The molecule has 1 aliphatic heterocycles. The summed E-state index contributed by atoms with van der Waals surface area (Å²) in [5, 5.41) is 17.6. The van der Waals surface area contributed by atoms with Crippen LogP contribution in [0.2, 0.25) is 5.02 Å². The number of phenols is 1. The minimum atomic E-state index is 0.164. The average molecular weight is 437 g/mol. The lowest BCUT2D eigenvalue weighted by molar-refractivity contribution is 0.315. The molecule has 0 amide bonds. The Morgan fingerprint density at radius 3 is 2.77 bits per heavy atom. The molecule has 0 radical (unpaired) electrons. The maximum absolute atomic E-state index is 10.8. The lowest BCUT2D eigenvalue weighted by Crippen LogP contribution is -2.31. The van der Waals surface area contributed by atoms with Crippen molar-refractivity contribution in [2.45, 2.75) is 19.4 Å². The van der Waals surface area contributed by atoms with E-state index in [1.165, 1.54) is 0 Å². The second-order valence-corrected chi connectivity index (χ2v) is 8.95. The van der Waals surface area contributed by atoms with E-state index in [9.17, 15) is 5.11 Å². The minimum Gasteiger partial charge on any atom is -0.507 e. The standard InChI is InChI=1S/C23H25ClN6O/c1-13-21-14(11-29(4)27-21)7-18(22(13)31)20-9-19(24)17-8-16(10-25-23(17)26-20)30-6-5-15(12-30)28(2)3/h7-11,15,31H,5-6,12H2,1-4H3. The van der Waals surface area contributed by atoms with Gasteiger partial charge in [-0.3, -0.25) is 4.68 Å². The first-order chi connectivity index (χ1) is 14.8. The van der Waals surface area contributed by atoms with Crippen LogP contribution in [0.4, 0.5) is 5.69 Å². The van der Waals surface area contributed by atoms with Gasteiger partial charge < -0.3 is 14.9 Å². The molecule has 0 aliphatic carbocycles. The summed E-state index contributed by atoms with van der Waals surface area (Å²) in [4.78, 5) is 13.9. The molecule has 1 fully saturated rings. The first kappa shape index (κ1) is 20.0. The molecule has 7 nitrogen and oxygen atoms in total. The van der Waals surface area contributed by atoms with Crippen LogP contribution in [-0.2, 0) is 7.05 Å². The Labute approximate surface area is 185 Å². The molecule has 1 aromatic carbocycles. The van der Waals surface area contributed by atoms with Gasteiger partial charge >= 0.3 is 0 Å². The molecule has 0 spiro atoms. The summed E-state index contributed by atoms with van der Waals surface area (Å²) in [7, 11) is 6.11. The Morgan fingerprint density at radius 2 is 2.03 bits per heavy atom. The highest BCUT2D eigenvalue weighted by Crippen LogP contribution is 2.38. The summed E-state index contributed by atoms with van der Waals surface area (Å²) in [5.74, 6) is 0.164. The van der Waals surface area contributed by atoms with E-state index in [0.29, 0.717) is 28.0 Å². The van der Waals surface area contributed by atoms with Crippen LogP contribution in [-0.4, -0.2) is 63.0 Å². The first-order valence-electron chi connectivity index (χ1n) is 10.4. The quantitative estimate of drug-likeness (QED) is 0.523. The van der Waals surface area contributed by atoms with Gasteiger partial charge in [0.2, 0.25) is 0 Å². The van der Waals surface area contributed by atoms with Gasteiger partial charge in [0, 0.05) is 54.3 Å². The van der Waals surface area contributed by atoms with E-state index in [-0.39, 0.29) is 5.75 Å². The zero-order valence-corrected chi connectivity index (χ0v) is 18.8. The van der Waals surface area contributed by atoms with Gasteiger partial charge in [0.1, 0.15) is 5.75 Å². The van der Waals surface area contributed by atoms with Gasteiger partial charge in [0.25, 0.3) is 0 Å². The fourth-order valence-electron chi connectivity index (χ4n) is 4.40. The molecule has 160 valence electrons. The average Bonchev–Trinajstić information content (AvgIpc) is 3.37. The number of aryl methyl sites for hydroxylation is 2. The lowest BCUT2D eigenvalue weighted by atomic mass is 10.0. The zero-order chi connectivity index (χ0) is 21.9. The molecule has 4 aromatic rings. The van der Waals surface area contributed by atoms with Crippen molar-refractivity contribution in [2.24, 2.45) is 7.05 Å². The number of fused-ring (bicyclic) bond motifs is 2. The number of hydrogen-bond acceptors (Lipinski definition) is 6. The number of rotatable bonds is 3. The number of benzene rings is 1. The van der Waals surface area contributed by atoms with Crippen LogP contribution in [0.3, 0.4) is 0 Å². The summed E-state index contributed by atoms with van der Waals surface area (Å²) in [6.45, 7) is 3.83. The van der Waals surface area contributed by atoms with Crippen molar-refractivity contribution in [1.29, 1.82) is 0 Å². The number of aromatic nitrogens is 4. The predicted molar refractivity (Wildman–Crippen MR) is 125 cm³/mol. The summed E-state index contributed by atoms with van der Waals surface area (Å²) in [6, 6.07) is 6.31. The van der Waals surface area contributed by atoms with E-state index in [4.69, 9.17) is 16.6 Å². The molecular formula is C23H25ClN6O. The Balaban J connectivity index is 1.57. The highest BCUT2D eigenvalue weighted by molar-refractivity contribution is 6.35. The van der Waals surface area contributed by atoms with Crippen LogP contribution in [0.5, 0.6) is 5.75 Å². The Kier molecular flexibility index (Phi) is 4.75. The minimum absolute atomic E-state index is 0.164. The van der Waals surface area contributed by atoms with Crippen molar-refractivity contribution in [3.05, 3.63) is 41.2 Å². The molecule has 8 heteroatoms. The highest BCUT2D eigenvalue weighted by atomic mass is 35.5. The number of phenolic OH excluding ortho intramolecular Hbond substituents is 1. The monoisotopic (exact) mass is 436 g/mol. The fourth-order valence-corrected chi connectivity index (χ4v) is 4.64. The van der Waals surface area contributed by atoms with Crippen molar-refractivity contribution in [1.82, 2.24) is 24.6 Å². The maximum Gasteiger partial charge on any atom is 0.161 e. The number of hydrogen-bond donors (Lipinski definition) is 1. The highest BCUT2D eigenvalue weighted by Gasteiger charge is 2.25. The van der Waals surface area contributed by atoms with E-state index in [1.807, 2.05) is 32.4 Å². The second kappa shape index (κ2) is 7.35. The fraction of sp³-hybridized carbons (Fsp3) is 0.348. The molecule has 1 aliphatic rings. The Morgan fingerprint density at radius 1 is 1.23 bits per heavy atom. The third kappa shape index (κ3) is 3.38. The molecule has 1 saturated heterocycles. The van der Waals surface area contributed by atoms with Crippen LogP contribution in [0.1, 0.15) is 12.0 Å². The summed E-state index contributed by atoms with van der Waals surface area (Å²) < 4.78 is 1.74. The number of likely N-dealkylation sites (N-methyl/N-ethyl adjacent to an activating group) is 1. The van der Waals surface area contributed by atoms with Crippen LogP contribution in [0.15, 0.2) is 30.6 Å². The number of anilines is 1. The van der Waals surface area contributed by atoms with Crippen LogP contribution in [0.25, 0.3) is 33.2 Å². The van der Waals surface area contributed by atoms with Crippen LogP contribution in [0, 0.1) is 6.92 Å². The number of nitrogens with zero attached hydrogens (tertiary/aromatic N) is 6. The molecule has 1 unspecified atom stereocenters. The van der Waals surface area contributed by atoms with Crippen LogP contribution >= 0.6 is 11.6 Å². The van der Waals surface area contributed by atoms with Crippen LogP contribution < -0.4 is 4.90 Å². The number of pyridine rings is 2. The molecule has 31 heavy (non-hydrogen) atoms. The van der Waals surface area contributed by atoms with Gasteiger partial charge in [-0.15, -0.1) is 0 Å². The third-order valence-electron chi connectivity index (χ3n) is 6.26. The van der Waals surface area contributed by atoms with Gasteiger partial charge in [0.05, 0.1) is 28.1 Å². The topological polar surface area (TPSA) is 70.3 Å². The van der Waals surface area contributed by atoms with E-state index in [0.717, 1.165) is 47.1 Å². The van der Waals surface area contributed by atoms with E-state index in [2.05, 4.69) is 40.0 Å². The van der Waals surface area contributed by atoms with Gasteiger partial charge in [-0.05, 0) is 45.6 Å². The van der Waals surface area contributed by atoms with Gasteiger partial charge in [-0.2, -0.15) is 5.10 Å². The maximum atomic E-state index is 10.8. The largest absolute Gasteiger partial charge is 0.507 e. The van der Waals surface area contributed by atoms with Gasteiger partial charge in [-0.1, -0.05) is 11.6 Å². The Hall–Kier alpha value is -2.90. The first-order valence-corrected chi connectivity index (χ1v) is 10.7. The molecule has 0 bridgehead atoms. The third-order valence-corrected chi connectivity index (χ3v) is 6.57. The van der Waals surface area contributed by atoms with Crippen molar-refractivity contribution >= 4 is 39.2 Å². The number of halogens is 1. The molecule has 0 saturated carbocycles. The van der Waals surface area contributed by atoms with E-state index in [1.54, 1.807) is 10.7 Å². The van der Waals surface area contributed by atoms with Gasteiger partial charge in [-0.25, -0.2) is 9.97 Å². The molecule has 1 N–H and O–H groups in total. The number of aromatic hydroxyl groups is 1. The van der Waals surface area contributed by atoms with E-state index >= 15 is 0 Å². The second-order valence-electron chi connectivity index (χ2n) is 8.54. The predicted octanol–water partition coefficient (Wildman–Crippen LogP) is 3.99. The molecule has 1 atom stereocenters. The van der Waals surface area contributed by atoms with Crippen molar-refractivity contribution < 1.29 is 5.11 Å². The summed E-state index contributed by atoms with van der Waals surface area (Å²) >= 11 is 6.68. The normalized spacial score (nSPS) is 16.8. The Bertz CT molecular complexity index is 1310. The molecule has 3 aromatic heterocycles. The summed E-state index contributed by atoms with van der Waals surface area (Å²) in [6.07, 6.45) is 4.92.